The Kier molecular flexibility index (Phi) is 5.60. The summed E-state index contributed by atoms with van der Waals surface area (Å²) in [5.74, 6) is 0.580. The van der Waals surface area contributed by atoms with E-state index in [1.807, 2.05) is 13.8 Å². The number of hydrogen-bond acceptors (Lipinski definition) is 7. The maximum absolute atomic E-state index is 12.6. The smallest absolute Gasteiger partial charge is 0.168 e. The highest BCUT2D eigenvalue weighted by molar-refractivity contribution is 6.23. The summed E-state index contributed by atoms with van der Waals surface area (Å²) >= 11 is 0. The Labute approximate surface area is 158 Å². The molecule has 7 heteroatoms. The van der Waals surface area contributed by atoms with Crippen LogP contribution in [0.25, 0.3) is 0 Å². The number of carbonyl (C=O) groups is 2. The minimum Gasteiger partial charge on any atom is -0.511 e. The molecular formula is C20H26N2O5. The zero-order valence-corrected chi connectivity index (χ0v) is 15.9. The Bertz CT molecular complexity index is 816. The van der Waals surface area contributed by atoms with Gasteiger partial charge in [-0.25, -0.2) is 0 Å². The van der Waals surface area contributed by atoms with E-state index in [1.165, 1.54) is 0 Å². The van der Waals surface area contributed by atoms with Crippen LogP contribution in [-0.2, 0) is 17.6 Å². The third kappa shape index (κ3) is 4.18. The monoisotopic (exact) mass is 374 g/mol. The molecule has 1 aromatic heterocycles. The zero-order chi connectivity index (χ0) is 19.6. The summed E-state index contributed by atoms with van der Waals surface area (Å²) in [5, 5.41) is 23.6. The summed E-state index contributed by atoms with van der Waals surface area (Å²) < 4.78 is 5.31. The first kappa shape index (κ1) is 19.5. The van der Waals surface area contributed by atoms with Gasteiger partial charge in [0.25, 0.3) is 0 Å². The first-order chi connectivity index (χ1) is 12.8. The molecule has 2 N–H and O–H groups in total. The molecule has 2 aliphatic carbocycles. The van der Waals surface area contributed by atoms with E-state index in [4.69, 9.17) is 9.63 Å². The minimum absolute atomic E-state index is 0.0407. The van der Waals surface area contributed by atoms with Crippen molar-refractivity contribution >= 4 is 17.3 Å². The second kappa shape index (κ2) is 7.76. The van der Waals surface area contributed by atoms with Crippen molar-refractivity contribution < 1.29 is 24.3 Å². The highest BCUT2D eigenvalue weighted by Gasteiger charge is 2.35. The summed E-state index contributed by atoms with van der Waals surface area (Å²) in [5.41, 5.74) is 1.57. The van der Waals surface area contributed by atoms with Gasteiger partial charge in [-0.1, -0.05) is 19.0 Å². The van der Waals surface area contributed by atoms with E-state index in [0.717, 1.165) is 6.42 Å². The van der Waals surface area contributed by atoms with Gasteiger partial charge in [-0.05, 0) is 24.7 Å². The number of aliphatic hydroxyl groups excluding tert-OH is 2. The molecule has 0 radical (unpaired) electrons. The van der Waals surface area contributed by atoms with Gasteiger partial charge in [-0.3, -0.25) is 14.6 Å². The second-order valence-corrected chi connectivity index (χ2v) is 8.02. The number of nitrogens with zero attached hydrogens (tertiary/aromatic N) is 2. The van der Waals surface area contributed by atoms with E-state index < -0.39 is 0 Å². The first-order valence-corrected chi connectivity index (χ1v) is 9.43. The maximum atomic E-state index is 12.6. The van der Waals surface area contributed by atoms with Gasteiger partial charge >= 0.3 is 0 Å². The number of Topliss-reactive ketones (excluding diaryl/α,β-unsaturated/α-hetero) is 2. The van der Waals surface area contributed by atoms with Crippen molar-refractivity contribution in [3.63, 3.8) is 0 Å². The van der Waals surface area contributed by atoms with Crippen molar-refractivity contribution in [1.29, 1.82) is 0 Å². The van der Waals surface area contributed by atoms with Crippen molar-refractivity contribution in [2.75, 3.05) is 13.2 Å². The fourth-order valence-electron chi connectivity index (χ4n) is 3.88. The highest BCUT2D eigenvalue weighted by atomic mass is 16.5. The molecule has 2 aliphatic rings. The number of carbonyl (C=O) groups excluding carboxylic acids is 2. The number of hydrogen-bond donors (Lipinski definition) is 2. The molecule has 1 heterocycles. The van der Waals surface area contributed by atoms with Crippen LogP contribution in [0.5, 0.6) is 0 Å². The highest BCUT2D eigenvalue weighted by Crippen LogP contribution is 2.36. The lowest BCUT2D eigenvalue weighted by Crippen LogP contribution is -2.29. The van der Waals surface area contributed by atoms with Gasteiger partial charge in [0.05, 0.1) is 30.0 Å². The quantitative estimate of drug-likeness (QED) is 0.740. The molecular weight excluding hydrogens is 348 g/mol. The van der Waals surface area contributed by atoms with Crippen LogP contribution in [0.15, 0.2) is 20.8 Å². The molecule has 0 bridgehead atoms. The lowest BCUT2D eigenvalue weighted by Gasteiger charge is -2.30. The van der Waals surface area contributed by atoms with Gasteiger partial charge in [0.15, 0.2) is 11.6 Å². The molecule has 1 aromatic rings. The van der Waals surface area contributed by atoms with Crippen LogP contribution < -0.4 is 0 Å². The molecule has 146 valence electrons. The summed E-state index contributed by atoms with van der Waals surface area (Å²) in [6.07, 6.45) is 3.45. The van der Waals surface area contributed by atoms with Crippen molar-refractivity contribution in [2.24, 2.45) is 10.4 Å². The number of aliphatic imine (C=N–C) groups is 1. The Morgan fingerprint density at radius 1 is 1.22 bits per heavy atom. The second-order valence-electron chi connectivity index (χ2n) is 8.02. The van der Waals surface area contributed by atoms with Gasteiger partial charge < -0.3 is 14.7 Å². The molecule has 0 unspecified atom stereocenters. The molecule has 27 heavy (non-hydrogen) atoms. The van der Waals surface area contributed by atoms with Gasteiger partial charge in [0, 0.05) is 31.4 Å². The third-order valence-electron chi connectivity index (χ3n) is 5.06. The van der Waals surface area contributed by atoms with Crippen LogP contribution in [0.2, 0.25) is 0 Å². The van der Waals surface area contributed by atoms with Crippen LogP contribution in [-0.4, -0.2) is 45.8 Å². The van der Waals surface area contributed by atoms with E-state index in [2.05, 4.69) is 10.1 Å². The SMILES string of the molecule is CC1(C)CC(=O)C(C(CCc2noc3c2C(=O)CCC3)=NCCO)=C(O)C1. The Morgan fingerprint density at radius 3 is 2.70 bits per heavy atom. The lowest BCUT2D eigenvalue weighted by molar-refractivity contribution is -0.118. The number of aromatic nitrogens is 1. The van der Waals surface area contributed by atoms with Crippen molar-refractivity contribution in [1.82, 2.24) is 5.16 Å². The molecule has 7 nitrogen and oxygen atoms in total. The minimum atomic E-state index is -0.287. The number of fused-ring (bicyclic) bond motifs is 1. The Balaban J connectivity index is 1.84. The molecule has 0 spiro atoms. The van der Waals surface area contributed by atoms with Gasteiger partial charge in [0.2, 0.25) is 0 Å². The predicted molar refractivity (Wildman–Crippen MR) is 99.2 cm³/mol. The zero-order valence-electron chi connectivity index (χ0n) is 15.9. The van der Waals surface area contributed by atoms with E-state index >= 15 is 0 Å². The van der Waals surface area contributed by atoms with Crippen molar-refractivity contribution in [3.05, 3.63) is 28.3 Å². The average molecular weight is 374 g/mol. The van der Waals surface area contributed by atoms with Gasteiger partial charge in [0.1, 0.15) is 11.5 Å². The van der Waals surface area contributed by atoms with Crippen LogP contribution in [0.4, 0.5) is 0 Å². The van der Waals surface area contributed by atoms with Crippen LogP contribution in [0.1, 0.15) is 67.8 Å². The maximum Gasteiger partial charge on any atom is 0.168 e. The number of ketones is 2. The number of allylic oxidation sites excluding steroid dienone is 2. The number of rotatable bonds is 6. The van der Waals surface area contributed by atoms with Crippen LogP contribution in [0.3, 0.4) is 0 Å². The predicted octanol–water partition coefficient (Wildman–Crippen LogP) is 2.76. The molecule has 0 saturated heterocycles. The molecule has 0 aliphatic heterocycles. The molecule has 0 saturated carbocycles. The third-order valence-corrected chi connectivity index (χ3v) is 5.06. The summed E-state index contributed by atoms with van der Waals surface area (Å²) in [4.78, 5) is 29.1. The van der Waals surface area contributed by atoms with E-state index in [1.54, 1.807) is 0 Å². The average Bonchev–Trinajstić information content (AvgIpc) is 2.99. The molecule has 0 aromatic carbocycles. The Morgan fingerprint density at radius 2 is 2.00 bits per heavy atom. The van der Waals surface area contributed by atoms with E-state index in [-0.39, 0.29) is 41.5 Å². The molecule has 3 rings (SSSR count). The molecule has 0 atom stereocenters. The normalized spacial score (nSPS) is 20.2. The van der Waals surface area contributed by atoms with Crippen molar-refractivity contribution in [2.45, 2.75) is 58.8 Å². The standard InChI is InChI=1S/C20H26N2O5/c1-20(2)10-15(25)18(16(26)11-20)12(21-8-9-23)6-7-13-19-14(24)4-3-5-17(19)27-22-13/h23,25H,3-11H2,1-2H3. The number of aryl methyl sites for hydroxylation is 2. The van der Waals surface area contributed by atoms with Crippen molar-refractivity contribution in [3.8, 4) is 0 Å². The Hall–Kier alpha value is -2.28. The largest absolute Gasteiger partial charge is 0.511 e. The fraction of sp³-hybridized carbons (Fsp3) is 0.600. The van der Waals surface area contributed by atoms with Crippen LogP contribution in [0, 0.1) is 5.41 Å². The van der Waals surface area contributed by atoms with Gasteiger partial charge in [-0.15, -0.1) is 0 Å². The van der Waals surface area contributed by atoms with E-state index in [0.29, 0.717) is 61.3 Å². The fourth-order valence-corrected chi connectivity index (χ4v) is 3.88. The van der Waals surface area contributed by atoms with E-state index in [9.17, 15) is 14.7 Å². The van der Waals surface area contributed by atoms with Gasteiger partial charge in [-0.2, -0.15) is 0 Å². The number of aliphatic hydroxyl groups is 2. The molecule has 0 fully saturated rings. The summed E-state index contributed by atoms with van der Waals surface area (Å²) in [7, 11) is 0. The summed E-state index contributed by atoms with van der Waals surface area (Å²) in [6.45, 7) is 3.89. The topological polar surface area (TPSA) is 113 Å². The molecule has 0 amide bonds. The first-order valence-electron chi connectivity index (χ1n) is 9.43. The van der Waals surface area contributed by atoms with Crippen LogP contribution >= 0.6 is 0 Å². The lowest BCUT2D eigenvalue weighted by atomic mass is 9.75. The summed E-state index contributed by atoms with van der Waals surface area (Å²) in [6, 6.07) is 0.